The quantitative estimate of drug-likeness (QED) is 0.625. The molecule has 0 aromatic carbocycles. The van der Waals surface area contributed by atoms with Gasteiger partial charge in [0.15, 0.2) is 6.29 Å². The lowest BCUT2D eigenvalue weighted by Crippen LogP contribution is -1.93. The molecule has 0 radical (unpaired) electrons. The minimum atomic E-state index is -0.926. The third kappa shape index (κ3) is 1.37. The number of rotatable bonds is 2. The highest BCUT2D eigenvalue weighted by atomic mass is 32.1. The third-order valence-electron chi connectivity index (χ3n) is 0.964. The van der Waals surface area contributed by atoms with E-state index in [1.165, 1.54) is 11.3 Å². The molecule has 1 aromatic heterocycles. The van der Waals surface area contributed by atoms with Crippen molar-refractivity contribution >= 4 is 17.6 Å². The SMILES string of the molecule is O=CC(O)c1cccs1. The Balaban J connectivity index is 2.76. The van der Waals surface area contributed by atoms with Crippen LogP contribution in [0.2, 0.25) is 0 Å². The minimum absolute atomic E-state index is 0.520. The van der Waals surface area contributed by atoms with E-state index in [-0.39, 0.29) is 0 Å². The normalized spacial score (nSPS) is 13.0. The number of aldehydes is 1. The predicted octanol–water partition coefficient (Wildman–Crippen LogP) is 0.980. The van der Waals surface area contributed by atoms with E-state index in [9.17, 15) is 4.79 Å². The van der Waals surface area contributed by atoms with E-state index >= 15 is 0 Å². The first-order valence-corrected chi connectivity index (χ1v) is 3.39. The molecule has 3 heteroatoms. The van der Waals surface area contributed by atoms with E-state index in [0.717, 1.165) is 0 Å². The molecule has 1 aromatic rings. The molecule has 48 valence electrons. The first-order chi connectivity index (χ1) is 4.34. The summed E-state index contributed by atoms with van der Waals surface area (Å²) in [6.45, 7) is 0. The average molecular weight is 142 g/mol. The van der Waals surface area contributed by atoms with Gasteiger partial charge in [-0.1, -0.05) is 6.07 Å². The maximum Gasteiger partial charge on any atom is 0.153 e. The molecular formula is C6H6O2S. The molecule has 1 N–H and O–H groups in total. The fraction of sp³-hybridized carbons (Fsp3) is 0.167. The summed E-state index contributed by atoms with van der Waals surface area (Å²) in [5.41, 5.74) is 0. The average Bonchev–Trinajstić information content (AvgIpc) is 2.37. The Morgan fingerprint density at radius 2 is 2.56 bits per heavy atom. The van der Waals surface area contributed by atoms with Crippen molar-refractivity contribution in [3.05, 3.63) is 22.4 Å². The van der Waals surface area contributed by atoms with Gasteiger partial charge >= 0.3 is 0 Å². The monoisotopic (exact) mass is 142 g/mol. The van der Waals surface area contributed by atoms with Crippen LogP contribution in [0.1, 0.15) is 11.0 Å². The Kier molecular flexibility index (Phi) is 1.97. The van der Waals surface area contributed by atoms with Crippen LogP contribution in [0.15, 0.2) is 17.5 Å². The van der Waals surface area contributed by atoms with Gasteiger partial charge in [0.1, 0.15) is 6.10 Å². The second-order valence-corrected chi connectivity index (χ2v) is 2.58. The molecule has 1 unspecified atom stereocenters. The Hall–Kier alpha value is -0.670. The lowest BCUT2D eigenvalue weighted by atomic mass is 10.3. The minimum Gasteiger partial charge on any atom is -0.380 e. The first-order valence-electron chi connectivity index (χ1n) is 2.51. The number of aliphatic hydroxyl groups is 1. The van der Waals surface area contributed by atoms with Crippen LogP contribution < -0.4 is 0 Å². The van der Waals surface area contributed by atoms with E-state index in [2.05, 4.69) is 0 Å². The van der Waals surface area contributed by atoms with Crippen molar-refractivity contribution in [3.63, 3.8) is 0 Å². The molecule has 0 bridgehead atoms. The number of aliphatic hydroxyl groups excluding tert-OH is 1. The lowest BCUT2D eigenvalue weighted by Gasteiger charge is -1.94. The highest BCUT2D eigenvalue weighted by Crippen LogP contribution is 2.15. The van der Waals surface area contributed by atoms with Crippen molar-refractivity contribution in [2.45, 2.75) is 6.10 Å². The number of carbonyl (C=O) groups is 1. The van der Waals surface area contributed by atoms with Gasteiger partial charge in [0.2, 0.25) is 0 Å². The van der Waals surface area contributed by atoms with E-state index in [1.807, 2.05) is 5.38 Å². The number of carbonyl (C=O) groups excluding carboxylic acids is 1. The van der Waals surface area contributed by atoms with Gasteiger partial charge in [-0.15, -0.1) is 11.3 Å². The van der Waals surface area contributed by atoms with Crippen molar-refractivity contribution in [1.82, 2.24) is 0 Å². The molecule has 0 saturated carbocycles. The van der Waals surface area contributed by atoms with Crippen LogP contribution in [0, 0.1) is 0 Å². The van der Waals surface area contributed by atoms with Crippen molar-refractivity contribution in [2.24, 2.45) is 0 Å². The second-order valence-electron chi connectivity index (χ2n) is 1.60. The summed E-state index contributed by atoms with van der Waals surface area (Å²) in [4.78, 5) is 10.7. The van der Waals surface area contributed by atoms with Crippen LogP contribution in [0.3, 0.4) is 0 Å². The molecular weight excluding hydrogens is 136 g/mol. The molecule has 0 aliphatic carbocycles. The van der Waals surface area contributed by atoms with Crippen molar-refractivity contribution < 1.29 is 9.90 Å². The molecule has 1 rings (SSSR count). The predicted molar refractivity (Wildman–Crippen MR) is 35.3 cm³/mol. The Morgan fingerprint density at radius 1 is 1.78 bits per heavy atom. The zero-order chi connectivity index (χ0) is 6.69. The standard InChI is InChI=1S/C6H6O2S/c7-4-5(8)6-2-1-3-9-6/h1-5,8H. The van der Waals surface area contributed by atoms with Gasteiger partial charge in [0.05, 0.1) is 0 Å². The van der Waals surface area contributed by atoms with Crippen LogP contribution in [0.5, 0.6) is 0 Å². The zero-order valence-corrected chi connectivity index (χ0v) is 5.47. The van der Waals surface area contributed by atoms with E-state index in [0.29, 0.717) is 11.2 Å². The fourth-order valence-electron chi connectivity index (χ4n) is 0.527. The number of hydrogen-bond acceptors (Lipinski definition) is 3. The highest BCUT2D eigenvalue weighted by molar-refractivity contribution is 7.10. The van der Waals surface area contributed by atoms with E-state index in [4.69, 9.17) is 5.11 Å². The van der Waals surface area contributed by atoms with Crippen molar-refractivity contribution in [1.29, 1.82) is 0 Å². The first kappa shape index (κ1) is 6.45. The number of thiophene rings is 1. The second kappa shape index (κ2) is 2.75. The van der Waals surface area contributed by atoms with Gasteiger partial charge in [-0.3, -0.25) is 0 Å². The van der Waals surface area contributed by atoms with Gasteiger partial charge in [0, 0.05) is 4.88 Å². The molecule has 0 spiro atoms. The molecule has 9 heavy (non-hydrogen) atoms. The van der Waals surface area contributed by atoms with Gasteiger partial charge in [0.25, 0.3) is 0 Å². The van der Waals surface area contributed by atoms with Gasteiger partial charge in [-0.25, -0.2) is 0 Å². The topological polar surface area (TPSA) is 37.3 Å². The zero-order valence-electron chi connectivity index (χ0n) is 4.65. The summed E-state index contributed by atoms with van der Waals surface area (Å²) in [5.74, 6) is 0. The maximum absolute atomic E-state index is 9.96. The molecule has 0 fully saturated rings. The maximum atomic E-state index is 9.96. The van der Waals surface area contributed by atoms with Crippen LogP contribution >= 0.6 is 11.3 Å². The molecule has 0 aliphatic rings. The van der Waals surface area contributed by atoms with Crippen LogP contribution in [-0.2, 0) is 4.79 Å². The van der Waals surface area contributed by atoms with E-state index in [1.54, 1.807) is 12.1 Å². The summed E-state index contributed by atoms with van der Waals surface area (Å²) in [6, 6.07) is 3.52. The van der Waals surface area contributed by atoms with Gasteiger partial charge in [-0.05, 0) is 11.4 Å². The Labute approximate surface area is 56.8 Å². The molecule has 0 aliphatic heterocycles. The number of hydrogen-bond donors (Lipinski definition) is 1. The third-order valence-corrected chi connectivity index (χ3v) is 1.91. The molecule has 0 amide bonds. The summed E-state index contributed by atoms with van der Waals surface area (Å²) < 4.78 is 0. The molecule has 1 heterocycles. The summed E-state index contributed by atoms with van der Waals surface area (Å²) in [5, 5.41) is 10.7. The van der Waals surface area contributed by atoms with Crippen LogP contribution in [0.25, 0.3) is 0 Å². The summed E-state index contributed by atoms with van der Waals surface area (Å²) >= 11 is 1.37. The van der Waals surface area contributed by atoms with Crippen LogP contribution in [-0.4, -0.2) is 11.4 Å². The highest BCUT2D eigenvalue weighted by Gasteiger charge is 2.03. The van der Waals surface area contributed by atoms with Gasteiger partial charge in [-0.2, -0.15) is 0 Å². The fourth-order valence-corrected chi connectivity index (χ4v) is 1.19. The summed E-state index contributed by atoms with van der Waals surface area (Å²) in [6.07, 6.45) is -0.406. The van der Waals surface area contributed by atoms with Crippen molar-refractivity contribution in [2.75, 3.05) is 0 Å². The van der Waals surface area contributed by atoms with Gasteiger partial charge < -0.3 is 9.90 Å². The summed E-state index contributed by atoms with van der Waals surface area (Å²) in [7, 11) is 0. The largest absolute Gasteiger partial charge is 0.380 e. The van der Waals surface area contributed by atoms with Crippen LogP contribution in [0.4, 0.5) is 0 Å². The lowest BCUT2D eigenvalue weighted by molar-refractivity contribution is -0.114. The van der Waals surface area contributed by atoms with E-state index < -0.39 is 6.10 Å². The molecule has 0 saturated heterocycles. The smallest absolute Gasteiger partial charge is 0.153 e. The Bertz CT molecular complexity index is 181. The molecule has 2 nitrogen and oxygen atoms in total. The Morgan fingerprint density at radius 3 is 3.00 bits per heavy atom. The van der Waals surface area contributed by atoms with Crippen molar-refractivity contribution in [3.8, 4) is 0 Å². The molecule has 1 atom stereocenters.